The van der Waals surface area contributed by atoms with Crippen molar-refractivity contribution in [1.29, 1.82) is 0 Å². The van der Waals surface area contributed by atoms with E-state index in [-0.39, 0.29) is 18.9 Å². The molecule has 0 aromatic heterocycles. The van der Waals surface area contributed by atoms with Crippen LogP contribution in [0.15, 0.2) is 48.6 Å². The van der Waals surface area contributed by atoms with E-state index in [0.717, 1.165) is 70.6 Å². The van der Waals surface area contributed by atoms with Crippen molar-refractivity contribution in [1.82, 2.24) is 5.32 Å². The molecule has 2 saturated heterocycles. The molecule has 14 heteroatoms. The smallest absolute Gasteiger partial charge is 0.220 e. The van der Waals surface area contributed by atoms with E-state index in [1.807, 2.05) is 6.08 Å². The summed E-state index contributed by atoms with van der Waals surface area (Å²) in [5, 5.41) is 86.6. The molecule has 2 fully saturated rings. The average Bonchev–Trinajstić information content (AvgIpc) is 3.31. The Labute approximate surface area is 397 Å². The highest BCUT2D eigenvalue weighted by Crippen LogP contribution is 2.30. The summed E-state index contributed by atoms with van der Waals surface area (Å²) in [5.41, 5.74) is 0. The summed E-state index contributed by atoms with van der Waals surface area (Å²) in [6.45, 7) is 2.73. The van der Waals surface area contributed by atoms with Crippen molar-refractivity contribution in [2.75, 3.05) is 19.8 Å². The number of carbonyl (C=O) groups excluding carboxylic acids is 1. The minimum absolute atomic E-state index is 0.255. The van der Waals surface area contributed by atoms with Gasteiger partial charge < -0.3 is 65.1 Å². The second-order valence-electron chi connectivity index (χ2n) is 18.3. The lowest BCUT2D eigenvalue weighted by atomic mass is 9.97. The monoisotopic (exact) mass is 940 g/mol. The number of ether oxygens (including phenoxy) is 4. The molecule has 66 heavy (non-hydrogen) atoms. The molecule has 2 aliphatic heterocycles. The van der Waals surface area contributed by atoms with Crippen LogP contribution in [-0.2, 0) is 23.7 Å². The number of aliphatic hydroxyl groups excluding tert-OH is 8. The lowest BCUT2D eigenvalue weighted by Gasteiger charge is -2.46. The molecular formula is C52H93NO13. The first kappa shape index (κ1) is 60.1. The molecule has 1 amide bonds. The van der Waals surface area contributed by atoms with Crippen molar-refractivity contribution in [2.24, 2.45) is 0 Å². The van der Waals surface area contributed by atoms with Gasteiger partial charge in [-0.15, -0.1) is 0 Å². The lowest BCUT2D eigenvalue weighted by molar-refractivity contribution is -0.359. The highest BCUT2D eigenvalue weighted by molar-refractivity contribution is 5.76. The summed E-state index contributed by atoms with van der Waals surface area (Å²) in [6.07, 6.45) is 28.6. The Morgan fingerprint density at radius 1 is 0.545 bits per heavy atom. The molecule has 14 nitrogen and oxygen atoms in total. The first-order chi connectivity index (χ1) is 32.1. The van der Waals surface area contributed by atoms with Crippen molar-refractivity contribution in [3.63, 3.8) is 0 Å². The Hall–Kier alpha value is -2.05. The largest absolute Gasteiger partial charge is 0.394 e. The molecule has 0 bridgehead atoms. The number of carbonyl (C=O) groups is 1. The van der Waals surface area contributed by atoms with Gasteiger partial charge in [-0.1, -0.05) is 165 Å². The predicted octanol–water partition coefficient (Wildman–Crippen LogP) is 6.88. The van der Waals surface area contributed by atoms with Gasteiger partial charge in [0.25, 0.3) is 0 Å². The van der Waals surface area contributed by atoms with Crippen molar-refractivity contribution >= 4 is 5.91 Å². The molecule has 0 aromatic carbocycles. The van der Waals surface area contributed by atoms with E-state index < -0.39 is 86.8 Å². The van der Waals surface area contributed by atoms with Gasteiger partial charge in [0, 0.05) is 6.42 Å². The Morgan fingerprint density at radius 2 is 1.00 bits per heavy atom. The van der Waals surface area contributed by atoms with Gasteiger partial charge in [-0.05, 0) is 57.8 Å². The zero-order chi connectivity index (χ0) is 48.2. The van der Waals surface area contributed by atoms with Crippen molar-refractivity contribution < 1.29 is 64.6 Å². The highest BCUT2D eigenvalue weighted by atomic mass is 16.7. The first-order valence-corrected chi connectivity index (χ1v) is 25.9. The Balaban J connectivity index is 1.82. The third-order valence-electron chi connectivity index (χ3n) is 12.5. The molecule has 384 valence electrons. The zero-order valence-electron chi connectivity index (χ0n) is 40.7. The number of hydrogen-bond donors (Lipinski definition) is 9. The first-order valence-electron chi connectivity index (χ1n) is 25.9. The highest BCUT2D eigenvalue weighted by Gasteiger charge is 2.51. The SMILES string of the molecule is CCCCCCC/C=C\C/C=C\C/C=C\CCCCCCCCC(=O)NC(COC1OC(CO)C(OC2OC(CO)C(O)C(O)C2O)C(O)C1O)C(O)/C=C/CCCCCCCCCCC. The third kappa shape index (κ3) is 25.5. The average molecular weight is 940 g/mol. The van der Waals surface area contributed by atoms with E-state index in [0.29, 0.717) is 6.42 Å². The van der Waals surface area contributed by atoms with E-state index in [9.17, 15) is 45.6 Å². The van der Waals surface area contributed by atoms with Gasteiger partial charge in [0.15, 0.2) is 12.6 Å². The topological polar surface area (TPSA) is 228 Å². The fourth-order valence-corrected chi connectivity index (χ4v) is 8.24. The minimum Gasteiger partial charge on any atom is -0.394 e. The fourth-order valence-electron chi connectivity index (χ4n) is 8.24. The summed E-state index contributed by atoms with van der Waals surface area (Å²) in [5.74, 6) is -0.255. The number of unbranched alkanes of at least 4 members (excludes halogenated alkanes) is 20. The second kappa shape index (κ2) is 38.8. The molecule has 0 radical (unpaired) electrons. The lowest BCUT2D eigenvalue weighted by Crippen LogP contribution is -2.65. The molecule has 12 unspecified atom stereocenters. The molecule has 0 aromatic rings. The molecule has 0 spiro atoms. The quantitative estimate of drug-likeness (QED) is 0.0227. The van der Waals surface area contributed by atoms with Crippen LogP contribution in [0.2, 0.25) is 0 Å². The number of nitrogens with one attached hydrogen (secondary N) is 1. The van der Waals surface area contributed by atoms with Crippen LogP contribution in [0.25, 0.3) is 0 Å². The van der Waals surface area contributed by atoms with E-state index in [4.69, 9.17) is 18.9 Å². The zero-order valence-corrected chi connectivity index (χ0v) is 40.7. The van der Waals surface area contributed by atoms with Crippen LogP contribution < -0.4 is 5.32 Å². The number of amides is 1. The van der Waals surface area contributed by atoms with Crippen LogP contribution in [0, 0.1) is 0 Å². The molecule has 0 aliphatic carbocycles. The predicted molar refractivity (Wildman–Crippen MR) is 258 cm³/mol. The van der Waals surface area contributed by atoms with Gasteiger partial charge in [-0.25, -0.2) is 0 Å². The van der Waals surface area contributed by atoms with Crippen molar-refractivity contribution in [3.05, 3.63) is 48.6 Å². The number of hydrogen-bond acceptors (Lipinski definition) is 13. The minimum atomic E-state index is -1.79. The fraction of sp³-hybridized carbons (Fsp3) is 0.827. The number of aliphatic hydroxyl groups is 8. The molecule has 0 saturated carbocycles. The molecule has 2 heterocycles. The van der Waals surface area contributed by atoms with Gasteiger partial charge in [0.05, 0.1) is 32.0 Å². The maximum Gasteiger partial charge on any atom is 0.220 e. The van der Waals surface area contributed by atoms with E-state index in [1.54, 1.807) is 6.08 Å². The summed E-state index contributed by atoms with van der Waals surface area (Å²) in [7, 11) is 0. The number of allylic oxidation sites excluding steroid dienone is 7. The summed E-state index contributed by atoms with van der Waals surface area (Å²) in [6, 6.07) is -0.921. The molecular weight excluding hydrogens is 847 g/mol. The third-order valence-corrected chi connectivity index (χ3v) is 12.5. The van der Waals surface area contributed by atoms with E-state index in [2.05, 4.69) is 55.6 Å². The summed E-state index contributed by atoms with van der Waals surface area (Å²) in [4.78, 5) is 13.2. The summed E-state index contributed by atoms with van der Waals surface area (Å²) >= 11 is 0. The van der Waals surface area contributed by atoms with Crippen LogP contribution in [0.4, 0.5) is 0 Å². The maximum absolute atomic E-state index is 13.2. The van der Waals surface area contributed by atoms with Crippen LogP contribution in [-0.4, -0.2) is 140 Å². The Kier molecular flexibility index (Phi) is 35.3. The van der Waals surface area contributed by atoms with Crippen LogP contribution in [0.1, 0.15) is 181 Å². The van der Waals surface area contributed by atoms with Crippen molar-refractivity contribution in [3.8, 4) is 0 Å². The number of rotatable bonds is 39. The molecule has 9 N–H and O–H groups in total. The van der Waals surface area contributed by atoms with E-state index in [1.165, 1.54) is 83.5 Å². The van der Waals surface area contributed by atoms with Gasteiger partial charge in [0.2, 0.25) is 5.91 Å². The van der Waals surface area contributed by atoms with E-state index >= 15 is 0 Å². The molecule has 2 aliphatic rings. The van der Waals surface area contributed by atoms with Crippen LogP contribution in [0.5, 0.6) is 0 Å². The second-order valence-corrected chi connectivity index (χ2v) is 18.3. The van der Waals surface area contributed by atoms with Crippen LogP contribution >= 0.6 is 0 Å². The Bertz CT molecular complexity index is 1290. The van der Waals surface area contributed by atoms with Gasteiger partial charge in [-0.2, -0.15) is 0 Å². The van der Waals surface area contributed by atoms with Gasteiger partial charge in [0.1, 0.15) is 48.8 Å². The van der Waals surface area contributed by atoms with Crippen molar-refractivity contribution in [2.45, 2.75) is 254 Å². The Morgan fingerprint density at radius 3 is 1.53 bits per heavy atom. The normalized spacial score (nSPS) is 27.2. The summed E-state index contributed by atoms with van der Waals surface area (Å²) < 4.78 is 22.7. The van der Waals surface area contributed by atoms with Gasteiger partial charge in [-0.3, -0.25) is 4.79 Å². The van der Waals surface area contributed by atoms with Gasteiger partial charge >= 0.3 is 0 Å². The molecule has 2 rings (SSSR count). The standard InChI is InChI=1S/C52H93NO13/c1-3-5-7-9-11-13-15-16-17-18-19-20-21-22-23-24-26-28-30-32-34-36-44(57)53-40(41(56)35-33-31-29-27-25-14-12-10-8-6-4-2)39-63-51-49(62)47(60)50(43(38-55)65-51)66-52-48(61)46(59)45(58)42(37-54)64-52/h15-16,18-19,21-22,33,35,40-43,45-52,54-56,58-62H,3-14,17,20,23-32,34,36-39H2,1-2H3,(H,53,57)/b16-15-,19-18-,22-21-,35-33+. The van der Waals surface area contributed by atoms with Crippen LogP contribution in [0.3, 0.4) is 0 Å². The maximum atomic E-state index is 13.2. The molecule has 12 atom stereocenters.